The molecule has 2 atom stereocenters. The van der Waals surface area contributed by atoms with Crippen molar-refractivity contribution in [3.05, 3.63) is 28.3 Å². The molecule has 1 aliphatic heterocycles. The van der Waals surface area contributed by atoms with Crippen LogP contribution in [0.2, 0.25) is 5.02 Å². The molecule has 1 heterocycles. The number of anilines is 1. The number of nitrogens with one attached hydrogen (secondary N) is 1. The topological polar surface area (TPSA) is 38.0 Å². The second-order valence-electron chi connectivity index (χ2n) is 4.44. The molecule has 0 saturated heterocycles. The van der Waals surface area contributed by atoms with Gasteiger partial charge in [-0.15, -0.1) is 0 Å². The standard InChI is InChI=1S/C11H13ClN2/c1-6-2-3-7-10(9(6)12)14-5-11(7)4-8(11)13/h2-3,8,14H,4-5,13H2,1H3. The van der Waals surface area contributed by atoms with Crippen LogP contribution >= 0.6 is 11.6 Å². The van der Waals surface area contributed by atoms with Crippen molar-refractivity contribution < 1.29 is 0 Å². The number of fused-ring (bicyclic) bond motifs is 2. The van der Waals surface area contributed by atoms with Crippen molar-refractivity contribution in [2.75, 3.05) is 11.9 Å². The number of benzene rings is 1. The number of hydrogen-bond acceptors (Lipinski definition) is 2. The van der Waals surface area contributed by atoms with Crippen molar-refractivity contribution in [3.63, 3.8) is 0 Å². The van der Waals surface area contributed by atoms with Crippen molar-refractivity contribution in [2.24, 2.45) is 5.73 Å². The van der Waals surface area contributed by atoms with E-state index in [4.69, 9.17) is 17.3 Å². The molecule has 2 unspecified atom stereocenters. The summed E-state index contributed by atoms with van der Waals surface area (Å²) in [4.78, 5) is 0. The van der Waals surface area contributed by atoms with Crippen molar-refractivity contribution in [1.82, 2.24) is 0 Å². The van der Waals surface area contributed by atoms with Gasteiger partial charge in [0.15, 0.2) is 0 Å². The van der Waals surface area contributed by atoms with E-state index in [1.807, 2.05) is 6.92 Å². The van der Waals surface area contributed by atoms with E-state index < -0.39 is 0 Å². The molecule has 1 aromatic rings. The summed E-state index contributed by atoms with van der Waals surface area (Å²) in [6.45, 7) is 2.98. The maximum Gasteiger partial charge on any atom is 0.0669 e. The van der Waals surface area contributed by atoms with E-state index >= 15 is 0 Å². The molecule has 2 aliphatic rings. The van der Waals surface area contributed by atoms with Crippen LogP contribution in [-0.2, 0) is 5.41 Å². The summed E-state index contributed by atoms with van der Waals surface area (Å²) in [6.07, 6.45) is 1.09. The molecule has 1 fully saturated rings. The molecule has 2 nitrogen and oxygen atoms in total. The lowest BCUT2D eigenvalue weighted by Crippen LogP contribution is -2.20. The molecule has 1 aromatic carbocycles. The summed E-state index contributed by atoms with van der Waals surface area (Å²) in [5.74, 6) is 0. The third kappa shape index (κ3) is 0.856. The van der Waals surface area contributed by atoms with Crippen molar-refractivity contribution in [2.45, 2.75) is 24.8 Å². The van der Waals surface area contributed by atoms with E-state index in [9.17, 15) is 0 Å². The third-order valence-corrected chi connectivity index (χ3v) is 4.07. The average Bonchev–Trinajstić information content (AvgIpc) is 2.65. The summed E-state index contributed by atoms with van der Waals surface area (Å²) >= 11 is 6.24. The summed E-state index contributed by atoms with van der Waals surface area (Å²) in [5, 5.41) is 4.24. The van der Waals surface area contributed by atoms with E-state index in [2.05, 4.69) is 17.4 Å². The van der Waals surface area contributed by atoms with Gasteiger partial charge in [-0.05, 0) is 24.5 Å². The second-order valence-corrected chi connectivity index (χ2v) is 4.82. The Bertz CT molecular complexity index is 416. The van der Waals surface area contributed by atoms with E-state index in [-0.39, 0.29) is 5.41 Å². The Balaban J connectivity index is 2.19. The van der Waals surface area contributed by atoms with E-state index in [1.54, 1.807) is 0 Å². The maximum atomic E-state index is 6.24. The van der Waals surface area contributed by atoms with Crippen LogP contribution in [0, 0.1) is 6.92 Å². The molecular weight excluding hydrogens is 196 g/mol. The first-order valence-corrected chi connectivity index (χ1v) is 5.32. The zero-order valence-corrected chi connectivity index (χ0v) is 8.86. The van der Waals surface area contributed by atoms with Crippen molar-refractivity contribution in [3.8, 4) is 0 Å². The van der Waals surface area contributed by atoms with Crippen LogP contribution < -0.4 is 11.1 Å². The van der Waals surface area contributed by atoms with Crippen molar-refractivity contribution >= 4 is 17.3 Å². The highest BCUT2D eigenvalue weighted by atomic mass is 35.5. The van der Waals surface area contributed by atoms with E-state index in [0.29, 0.717) is 6.04 Å². The number of nitrogens with two attached hydrogens (primary N) is 1. The minimum Gasteiger partial charge on any atom is -0.383 e. The van der Waals surface area contributed by atoms with E-state index in [0.717, 1.165) is 29.2 Å². The molecule has 74 valence electrons. The Hall–Kier alpha value is -0.730. The minimum absolute atomic E-state index is 0.201. The summed E-state index contributed by atoms with van der Waals surface area (Å²) in [7, 11) is 0. The van der Waals surface area contributed by atoms with Crippen LogP contribution in [0.4, 0.5) is 5.69 Å². The first-order valence-electron chi connectivity index (χ1n) is 4.94. The van der Waals surface area contributed by atoms with Crippen LogP contribution in [-0.4, -0.2) is 12.6 Å². The third-order valence-electron chi connectivity index (χ3n) is 3.59. The Labute approximate surface area is 88.4 Å². The highest BCUT2D eigenvalue weighted by molar-refractivity contribution is 6.34. The lowest BCUT2D eigenvalue weighted by atomic mass is 9.96. The Morgan fingerprint density at radius 1 is 1.57 bits per heavy atom. The first-order chi connectivity index (χ1) is 6.65. The number of hydrogen-bond donors (Lipinski definition) is 2. The Morgan fingerprint density at radius 3 is 2.93 bits per heavy atom. The molecule has 0 aromatic heterocycles. The number of halogens is 1. The number of rotatable bonds is 0. The fourth-order valence-electron chi connectivity index (χ4n) is 2.46. The van der Waals surface area contributed by atoms with Gasteiger partial charge in [-0.3, -0.25) is 0 Å². The fourth-order valence-corrected chi connectivity index (χ4v) is 2.69. The fraction of sp³-hybridized carbons (Fsp3) is 0.455. The molecular formula is C11H13ClN2. The maximum absolute atomic E-state index is 6.24. The van der Waals surface area contributed by atoms with Crippen LogP contribution in [0.5, 0.6) is 0 Å². The lowest BCUT2D eigenvalue weighted by Gasteiger charge is -2.08. The second kappa shape index (κ2) is 2.44. The zero-order chi connectivity index (χ0) is 9.92. The molecule has 3 heteroatoms. The molecule has 0 bridgehead atoms. The van der Waals surface area contributed by atoms with Crippen LogP contribution in [0.3, 0.4) is 0 Å². The predicted molar refractivity (Wildman–Crippen MR) is 58.9 cm³/mol. The first kappa shape index (κ1) is 8.57. The average molecular weight is 209 g/mol. The largest absolute Gasteiger partial charge is 0.383 e. The van der Waals surface area contributed by atoms with Gasteiger partial charge in [-0.1, -0.05) is 23.7 Å². The molecule has 3 N–H and O–H groups in total. The van der Waals surface area contributed by atoms with Crippen LogP contribution in [0.25, 0.3) is 0 Å². The van der Waals surface area contributed by atoms with Crippen molar-refractivity contribution in [1.29, 1.82) is 0 Å². The van der Waals surface area contributed by atoms with Gasteiger partial charge in [-0.2, -0.15) is 0 Å². The minimum atomic E-state index is 0.201. The predicted octanol–water partition coefficient (Wildman–Crippen LogP) is 2.04. The zero-order valence-electron chi connectivity index (χ0n) is 8.10. The molecule has 0 radical (unpaired) electrons. The summed E-state index contributed by atoms with van der Waals surface area (Å²) in [5.41, 5.74) is 9.74. The molecule has 14 heavy (non-hydrogen) atoms. The Morgan fingerprint density at radius 2 is 2.29 bits per heavy atom. The van der Waals surface area contributed by atoms with Gasteiger partial charge in [0.1, 0.15) is 0 Å². The van der Waals surface area contributed by atoms with Gasteiger partial charge in [0.25, 0.3) is 0 Å². The summed E-state index contributed by atoms with van der Waals surface area (Å²) < 4.78 is 0. The van der Waals surface area contributed by atoms with Gasteiger partial charge >= 0.3 is 0 Å². The van der Waals surface area contributed by atoms with Gasteiger partial charge in [0.05, 0.1) is 10.7 Å². The highest BCUT2D eigenvalue weighted by Crippen LogP contribution is 2.55. The normalized spacial score (nSPS) is 32.9. The molecule has 1 saturated carbocycles. The van der Waals surface area contributed by atoms with Gasteiger partial charge < -0.3 is 11.1 Å². The molecule has 1 aliphatic carbocycles. The SMILES string of the molecule is Cc1ccc2c(c1Cl)NCC21CC1N. The van der Waals surface area contributed by atoms with E-state index in [1.165, 1.54) is 5.56 Å². The number of aryl methyl sites for hydroxylation is 1. The quantitative estimate of drug-likeness (QED) is 0.685. The molecule has 3 rings (SSSR count). The Kier molecular flexibility index (Phi) is 1.49. The van der Waals surface area contributed by atoms with Gasteiger partial charge in [0, 0.05) is 18.0 Å². The van der Waals surface area contributed by atoms with Crippen LogP contribution in [0.1, 0.15) is 17.5 Å². The smallest absolute Gasteiger partial charge is 0.0669 e. The van der Waals surface area contributed by atoms with Gasteiger partial charge in [0.2, 0.25) is 0 Å². The van der Waals surface area contributed by atoms with Gasteiger partial charge in [-0.25, -0.2) is 0 Å². The monoisotopic (exact) mass is 208 g/mol. The molecule has 0 amide bonds. The lowest BCUT2D eigenvalue weighted by molar-refractivity contribution is 0.733. The summed E-state index contributed by atoms with van der Waals surface area (Å²) in [6, 6.07) is 4.57. The molecule has 1 spiro atoms. The van der Waals surface area contributed by atoms with Crippen LogP contribution in [0.15, 0.2) is 12.1 Å². The highest BCUT2D eigenvalue weighted by Gasteiger charge is 2.57.